The van der Waals surface area contributed by atoms with Crippen LogP contribution in [-0.2, 0) is 28.0 Å². The molecule has 2 aromatic rings. The van der Waals surface area contributed by atoms with Crippen LogP contribution in [0.2, 0.25) is 0 Å². The van der Waals surface area contributed by atoms with E-state index >= 15 is 0 Å². The van der Waals surface area contributed by atoms with Crippen LogP contribution in [0.15, 0.2) is 41.4 Å². The lowest BCUT2D eigenvalue weighted by molar-refractivity contribution is -0.143. The third-order valence-electron chi connectivity index (χ3n) is 3.24. The number of para-hydroxylation sites is 1. The molecule has 7 nitrogen and oxygen atoms in total. The molecule has 0 fully saturated rings. The molecule has 0 unspecified atom stereocenters. The molecule has 25 heavy (non-hydrogen) atoms. The maximum atomic E-state index is 13.1. The highest BCUT2D eigenvalue weighted by Gasteiger charge is 2.42. The van der Waals surface area contributed by atoms with Crippen molar-refractivity contribution in [3.8, 4) is 0 Å². The van der Waals surface area contributed by atoms with E-state index in [0.29, 0.717) is 4.31 Å². The van der Waals surface area contributed by atoms with Crippen LogP contribution in [0.5, 0.6) is 0 Å². The van der Waals surface area contributed by atoms with Gasteiger partial charge in [-0.2, -0.15) is 18.3 Å². The van der Waals surface area contributed by atoms with E-state index in [1.54, 1.807) is 6.07 Å². The fourth-order valence-electron chi connectivity index (χ4n) is 2.16. The molecule has 11 heteroatoms. The second-order valence-electron chi connectivity index (χ2n) is 5.14. The summed E-state index contributed by atoms with van der Waals surface area (Å²) < 4.78 is 66.6. The number of rotatable bonds is 6. The Balaban J connectivity index is 2.58. The molecule has 0 radical (unpaired) electrons. The molecule has 1 aromatic heterocycles. The number of nitrogens with two attached hydrogens (primary N) is 1. The second kappa shape index (κ2) is 6.75. The minimum absolute atomic E-state index is 0.112. The Morgan fingerprint density at radius 3 is 2.40 bits per heavy atom. The van der Waals surface area contributed by atoms with Gasteiger partial charge in [-0.25, -0.2) is 8.42 Å². The Hall–Kier alpha value is -2.56. The molecular weight excluding hydrogens is 361 g/mol. The van der Waals surface area contributed by atoms with Gasteiger partial charge in [-0.3, -0.25) is 13.8 Å². The quantitative estimate of drug-likeness (QED) is 0.826. The number of primary amides is 1. The number of aromatic nitrogens is 2. The van der Waals surface area contributed by atoms with Gasteiger partial charge >= 0.3 is 6.18 Å². The largest absolute Gasteiger partial charge is 0.436 e. The van der Waals surface area contributed by atoms with Crippen molar-refractivity contribution in [1.82, 2.24) is 9.78 Å². The highest BCUT2D eigenvalue weighted by molar-refractivity contribution is 7.92. The van der Waals surface area contributed by atoms with E-state index in [1.807, 2.05) is 0 Å². The highest BCUT2D eigenvalue weighted by Crippen LogP contribution is 2.35. The van der Waals surface area contributed by atoms with E-state index < -0.39 is 39.2 Å². The SMILES string of the molecule is Cn1cc(S(=O)(=O)N(CCC(N)=O)c2ccccc2)c(C(F)(F)F)n1. The van der Waals surface area contributed by atoms with Crippen molar-refractivity contribution < 1.29 is 26.4 Å². The number of aryl methyl sites for hydroxylation is 1. The number of anilines is 1. The minimum atomic E-state index is -4.95. The lowest BCUT2D eigenvalue weighted by atomic mass is 10.3. The third kappa shape index (κ3) is 4.10. The van der Waals surface area contributed by atoms with Crippen molar-refractivity contribution >= 4 is 21.6 Å². The van der Waals surface area contributed by atoms with Gasteiger partial charge in [0.05, 0.1) is 5.69 Å². The second-order valence-corrected chi connectivity index (χ2v) is 6.97. The number of nitrogens with zero attached hydrogens (tertiary/aromatic N) is 3. The standard InChI is InChI=1S/C14H15F3N4O3S/c1-20-9-11(13(19-20)14(15,16)17)25(23,24)21(8-7-12(18)22)10-5-3-2-4-6-10/h2-6,9H,7-8H2,1H3,(H2,18,22). The predicted octanol–water partition coefficient (Wildman–Crippen LogP) is 1.51. The number of hydrogen-bond donors (Lipinski definition) is 1. The zero-order valence-electron chi connectivity index (χ0n) is 13.1. The molecule has 0 aliphatic carbocycles. The van der Waals surface area contributed by atoms with Gasteiger partial charge in [0.2, 0.25) is 5.91 Å². The molecule has 0 atom stereocenters. The van der Waals surface area contributed by atoms with Crippen LogP contribution >= 0.6 is 0 Å². The lowest BCUT2D eigenvalue weighted by Crippen LogP contribution is -2.35. The van der Waals surface area contributed by atoms with Crippen LogP contribution in [0.4, 0.5) is 18.9 Å². The van der Waals surface area contributed by atoms with Crippen molar-refractivity contribution in [1.29, 1.82) is 0 Å². The van der Waals surface area contributed by atoms with Crippen LogP contribution < -0.4 is 10.0 Å². The normalized spacial score (nSPS) is 12.2. The average Bonchev–Trinajstić information content (AvgIpc) is 2.91. The minimum Gasteiger partial charge on any atom is -0.370 e. The molecule has 1 heterocycles. The monoisotopic (exact) mass is 376 g/mol. The number of carbonyl (C=O) groups excluding carboxylic acids is 1. The molecule has 2 N–H and O–H groups in total. The van der Waals surface area contributed by atoms with Crippen LogP contribution in [0.1, 0.15) is 12.1 Å². The van der Waals surface area contributed by atoms with E-state index in [4.69, 9.17) is 5.73 Å². The number of sulfonamides is 1. The summed E-state index contributed by atoms with van der Waals surface area (Å²) in [7, 11) is -3.44. The molecule has 1 aromatic carbocycles. The van der Waals surface area contributed by atoms with Crippen LogP contribution in [0.25, 0.3) is 0 Å². The van der Waals surface area contributed by atoms with Gasteiger partial charge in [-0.15, -0.1) is 0 Å². The van der Waals surface area contributed by atoms with Crippen molar-refractivity contribution in [2.24, 2.45) is 12.8 Å². The highest BCUT2D eigenvalue weighted by atomic mass is 32.2. The van der Waals surface area contributed by atoms with Crippen molar-refractivity contribution in [2.75, 3.05) is 10.8 Å². The van der Waals surface area contributed by atoms with Gasteiger partial charge in [0, 0.05) is 26.2 Å². The third-order valence-corrected chi connectivity index (χ3v) is 5.07. The van der Waals surface area contributed by atoms with E-state index in [0.717, 1.165) is 10.9 Å². The zero-order valence-corrected chi connectivity index (χ0v) is 13.9. The Morgan fingerprint density at radius 1 is 1.28 bits per heavy atom. The first-order chi connectivity index (χ1) is 11.5. The molecule has 0 spiro atoms. The molecule has 1 amide bonds. The van der Waals surface area contributed by atoms with Crippen molar-refractivity contribution in [2.45, 2.75) is 17.5 Å². The van der Waals surface area contributed by atoms with Crippen LogP contribution in [0, 0.1) is 0 Å². The first kappa shape index (κ1) is 18.8. The Morgan fingerprint density at radius 2 is 1.88 bits per heavy atom. The molecule has 136 valence electrons. The molecule has 0 bridgehead atoms. The first-order valence-electron chi connectivity index (χ1n) is 7.00. The Labute approximate surface area is 141 Å². The van der Waals surface area contributed by atoms with Gasteiger partial charge < -0.3 is 5.73 Å². The number of carbonyl (C=O) groups is 1. The molecule has 0 saturated carbocycles. The summed E-state index contributed by atoms with van der Waals surface area (Å²) in [5.74, 6) is -0.779. The van der Waals surface area contributed by atoms with E-state index in [2.05, 4.69) is 5.10 Å². The molecule has 0 aliphatic heterocycles. The lowest BCUT2D eigenvalue weighted by Gasteiger charge is -2.24. The molecule has 0 saturated heterocycles. The Kier molecular flexibility index (Phi) is 5.07. The number of benzene rings is 1. The summed E-state index contributed by atoms with van der Waals surface area (Å²) in [5.41, 5.74) is 3.64. The fourth-order valence-corrected chi connectivity index (χ4v) is 3.82. The summed E-state index contributed by atoms with van der Waals surface area (Å²) in [4.78, 5) is 10.0. The fraction of sp³-hybridized carbons (Fsp3) is 0.286. The maximum Gasteiger partial charge on any atom is 0.436 e. The van der Waals surface area contributed by atoms with Gasteiger partial charge in [-0.05, 0) is 12.1 Å². The van der Waals surface area contributed by atoms with E-state index in [-0.39, 0.29) is 12.1 Å². The summed E-state index contributed by atoms with van der Waals surface area (Å²) >= 11 is 0. The topological polar surface area (TPSA) is 98.3 Å². The van der Waals surface area contributed by atoms with Gasteiger partial charge in [0.25, 0.3) is 10.0 Å². The number of halogens is 3. The van der Waals surface area contributed by atoms with Crippen molar-refractivity contribution in [3.05, 3.63) is 42.2 Å². The van der Waals surface area contributed by atoms with E-state index in [9.17, 15) is 26.4 Å². The van der Waals surface area contributed by atoms with Crippen LogP contribution in [-0.4, -0.2) is 30.7 Å². The molecule has 0 aliphatic rings. The summed E-state index contributed by atoms with van der Waals surface area (Å²) in [6.45, 7) is -0.395. The average molecular weight is 376 g/mol. The maximum absolute atomic E-state index is 13.1. The van der Waals surface area contributed by atoms with Gasteiger partial charge in [0.15, 0.2) is 5.69 Å². The van der Waals surface area contributed by atoms with Gasteiger partial charge in [0.1, 0.15) is 4.90 Å². The van der Waals surface area contributed by atoms with Crippen molar-refractivity contribution in [3.63, 3.8) is 0 Å². The smallest absolute Gasteiger partial charge is 0.370 e. The Bertz CT molecular complexity index is 863. The number of hydrogen-bond acceptors (Lipinski definition) is 4. The number of amides is 1. The molecule has 2 rings (SSSR count). The summed E-state index contributed by atoms with van der Waals surface area (Å²) in [6, 6.07) is 7.48. The van der Waals surface area contributed by atoms with Crippen LogP contribution in [0.3, 0.4) is 0 Å². The summed E-state index contributed by atoms with van der Waals surface area (Å²) in [6.07, 6.45) is -4.52. The van der Waals surface area contributed by atoms with Gasteiger partial charge in [-0.1, -0.05) is 18.2 Å². The number of alkyl halides is 3. The predicted molar refractivity (Wildman–Crippen MR) is 83.0 cm³/mol. The first-order valence-corrected chi connectivity index (χ1v) is 8.44. The zero-order chi connectivity index (χ0) is 18.8. The van der Waals surface area contributed by atoms with E-state index in [1.165, 1.54) is 31.3 Å². The summed E-state index contributed by atoms with van der Waals surface area (Å²) in [5, 5.41) is 3.21. The molecular formula is C14H15F3N4O3S.